The molecule has 0 unspecified atom stereocenters. The van der Waals surface area contributed by atoms with Crippen LogP contribution in [0.1, 0.15) is 16.1 Å². The largest absolute Gasteiger partial charge is 0.365 e. The number of hydrogen-bond acceptors (Lipinski definition) is 3. The molecule has 2 heterocycles. The van der Waals surface area contributed by atoms with Gasteiger partial charge in [0, 0.05) is 16.2 Å². The molecule has 5 nitrogen and oxygen atoms in total. The molecule has 98 valence electrons. The molecule has 0 radical (unpaired) electrons. The Labute approximate surface area is 116 Å². The standard InChI is InChI=1S/C12H9BrFN3O2/c1-6-2-9(13)10(11(15)18)12(19)17(6)8-3-7(14)4-16-5-8/h2-5H,1H3,(H2,15,18). The SMILES string of the molecule is Cc1cc(Br)c(C(N)=O)c(=O)n1-c1cncc(F)c1. The van der Waals surface area contributed by atoms with Crippen LogP contribution in [0.25, 0.3) is 5.69 Å². The lowest BCUT2D eigenvalue weighted by atomic mass is 10.2. The van der Waals surface area contributed by atoms with Gasteiger partial charge in [0.15, 0.2) is 0 Å². The molecule has 2 aromatic rings. The van der Waals surface area contributed by atoms with E-state index in [-0.39, 0.29) is 11.3 Å². The van der Waals surface area contributed by atoms with Crippen LogP contribution < -0.4 is 11.3 Å². The summed E-state index contributed by atoms with van der Waals surface area (Å²) >= 11 is 3.12. The van der Waals surface area contributed by atoms with E-state index in [0.717, 1.165) is 12.3 Å². The van der Waals surface area contributed by atoms with Gasteiger partial charge in [0.05, 0.1) is 18.1 Å². The molecule has 2 aromatic heterocycles. The van der Waals surface area contributed by atoms with E-state index in [1.807, 2.05) is 0 Å². The molecule has 0 aliphatic rings. The summed E-state index contributed by atoms with van der Waals surface area (Å²) < 4.78 is 14.7. The first-order valence-corrected chi connectivity index (χ1v) is 6.04. The van der Waals surface area contributed by atoms with Crippen molar-refractivity contribution < 1.29 is 9.18 Å². The average molecular weight is 326 g/mol. The Balaban J connectivity index is 2.81. The van der Waals surface area contributed by atoms with E-state index in [9.17, 15) is 14.0 Å². The van der Waals surface area contributed by atoms with Crippen molar-refractivity contribution in [3.05, 3.63) is 56.4 Å². The van der Waals surface area contributed by atoms with Gasteiger partial charge >= 0.3 is 0 Å². The van der Waals surface area contributed by atoms with Crippen molar-refractivity contribution in [3.63, 3.8) is 0 Å². The number of primary amides is 1. The zero-order chi connectivity index (χ0) is 14.2. The molecule has 0 fully saturated rings. The van der Waals surface area contributed by atoms with Crippen molar-refractivity contribution >= 4 is 21.8 Å². The highest BCUT2D eigenvalue weighted by Crippen LogP contribution is 2.17. The summed E-state index contributed by atoms with van der Waals surface area (Å²) in [5.74, 6) is -1.43. The van der Waals surface area contributed by atoms with Gasteiger partial charge in [-0.15, -0.1) is 0 Å². The normalized spacial score (nSPS) is 10.5. The lowest BCUT2D eigenvalue weighted by Crippen LogP contribution is -2.30. The predicted molar refractivity (Wildman–Crippen MR) is 70.7 cm³/mol. The number of aromatic nitrogens is 2. The number of aryl methyl sites for hydroxylation is 1. The summed E-state index contributed by atoms with van der Waals surface area (Å²) in [5.41, 5.74) is 5.12. The predicted octanol–water partition coefficient (Wildman–Crippen LogP) is 1.54. The minimum atomic E-state index is -0.852. The number of rotatable bonds is 2. The second kappa shape index (κ2) is 4.93. The number of pyridine rings is 2. The summed E-state index contributed by atoms with van der Waals surface area (Å²) in [7, 11) is 0. The molecule has 0 spiro atoms. The lowest BCUT2D eigenvalue weighted by molar-refractivity contribution is 0.0998. The van der Waals surface area contributed by atoms with Gasteiger partial charge in [0.25, 0.3) is 11.5 Å². The van der Waals surface area contributed by atoms with Crippen molar-refractivity contribution in [1.82, 2.24) is 9.55 Å². The summed E-state index contributed by atoms with van der Waals surface area (Å²) in [4.78, 5) is 27.2. The number of carbonyl (C=O) groups excluding carboxylic acids is 1. The quantitative estimate of drug-likeness (QED) is 0.909. The van der Waals surface area contributed by atoms with Crippen LogP contribution in [0.3, 0.4) is 0 Å². The van der Waals surface area contributed by atoms with E-state index in [2.05, 4.69) is 20.9 Å². The van der Waals surface area contributed by atoms with Gasteiger partial charge in [-0.05, 0) is 28.9 Å². The molecule has 0 aliphatic heterocycles. The third kappa shape index (κ3) is 2.41. The van der Waals surface area contributed by atoms with E-state index in [0.29, 0.717) is 10.2 Å². The second-order valence-corrected chi connectivity index (χ2v) is 4.73. The van der Waals surface area contributed by atoms with Crippen LogP contribution >= 0.6 is 15.9 Å². The Morgan fingerprint density at radius 2 is 2.11 bits per heavy atom. The highest BCUT2D eigenvalue weighted by Gasteiger charge is 2.17. The van der Waals surface area contributed by atoms with Gasteiger partial charge in [0.2, 0.25) is 0 Å². The van der Waals surface area contributed by atoms with Crippen molar-refractivity contribution in [3.8, 4) is 5.69 Å². The molecule has 19 heavy (non-hydrogen) atoms. The van der Waals surface area contributed by atoms with E-state index in [1.165, 1.54) is 10.8 Å². The summed E-state index contributed by atoms with van der Waals surface area (Å²) in [6.45, 7) is 1.65. The van der Waals surface area contributed by atoms with Crippen molar-refractivity contribution in [2.24, 2.45) is 5.73 Å². The molecule has 2 rings (SSSR count). The van der Waals surface area contributed by atoms with Gasteiger partial charge in [-0.25, -0.2) is 4.39 Å². The van der Waals surface area contributed by atoms with Crippen LogP contribution in [0.15, 0.2) is 33.8 Å². The number of nitrogens with two attached hydrogens (primary N) is 1. The van der Waals surface area contributed by atoms with Crippen LogP contribution in [-0.4, -0.2) is 15.5 Å². The van der Waals surface area contributed by atoms with Crippen molar-refractivity contribution in [2.45, 2.75) is 6.92 Å². The van der Waals surface area contributed by atoms with Gasteiger partial charge < -0.3 is 5.73 Å². The van der Waals surface area contributed by atoms with E-state index < -0.39 is 17.3 Å². The van der Waals surface area contributed by atoms with Crippen molar-refractivity contribution in [1.29, 1.82) is 0 Å². The molecule has 0 aliphatic carbocycles. The maximum Gasteiger partial charge on any atom is 0.269 e. The number of carbonyl (C=O) groups is 1. The van der Waals surface area contributed by atoms with Crippen LogP contribution in [-0.2, 0) is 0 Å². The number of hydrogen-bond donors (Lipinski definition) is 1. The molecule has 0 aromatic carbocycles. The van der Waals surface area contributed by atoms with Crippen LogP contribution in [0, 0.1) is 12.7 Å². The molecule has 7 heteroatoms. The molecule has 0 atom stereocenters. The fraction of sp³-hybridized carbons (Fsp3) is 0.0833. The second-order valence-electron chi connectivity index (χ2n) is 3.87. The number of amides is 1. The highest BCUT2D eigenvalue weighted by molar-refractivity contribution is 9.10. The zero-order valence-corrected chi connectivity index (χ0v) is 11.4. The third-order valence-electron chi connectivity index (χ3n) is 2.54. The first-order valence-electron chi connectivity index (χ1n) is 5.24. The molecule has 0 bridgehead atoms. The fourth-order valence-corrected chi connectivity index (χ4v) is 2.46. The highest BCUT2D eigenvalue weighted by atomic mass is 79.9. The molecule has 0 saturated heterocycles. The number of halogens is 2. The molecular weight excluding hydrogens is 317 g/mol. The van der Waals surface area contributed by atoms with Crippen LogP contribution in [0.4, 0.5) is 4.39 Å². The zero-order valence-electron chi connectivity index (χ0n) is 9.85. The minimum absolute atomic E-state index is 0.185. The van der Waals surface area contributed by atoms with Crippen LogP contribution in [0.5, 0.6) is 0 Å². The monoisotopic (exact) mass is 325 g/mol. The lowest BCUT2D eigenvalue weighted by Gasteiger charge is -2.12. The molecule has 1 amide bonds. The molecule has 2 N–H and O–H groups in total. The number of nitrogens with zero attached hydrogens (tertiary/aromatic N) is 2. The Kier molecular flexibility index (Phi) is 3.48. The topological polar surface area (TPSA) is 78.0 Å². The summed E-state index contributed by atoms with van der Waals surface area (Å²) in [6.07, 6.45) is 2.36. The maximum absolute atomic E-state index is 13.2. The van der Waals surface area contributed by atoms with Gasteiger partial charge in [-0.3, -0.25) is 19.1 Å². The average Bonchev–Trinajstić information content (AvgIpc) is 2.27. The van der Waals surface area contributed by atoms with E-state index in [4.69, 9.17) is 5.73 Å². The fourth-order valence-electron chi connectivity index (χ4n) is 1.76. The molecule has 0 saturated carbocycles. The molecular formula is C12H9BrFN3O2. The first-order chi connectivity index (χ1) is 8.91. The van der Waals surface area contributed by atoms with Crippen LogP contribution in [0.2, 0.25) is 0 Å². The Bertz CT molecular complexity index is 727. The summed E-state index contributed by atoms with van der Waals surface area (Å²) in [5, 5.41) is 0. The Hall–Kier alpha value is -2.02. The minimum Gasteiger partial charge on any atom is -0.365 e. The van der Waals surface area contributed by atoms with Gasteiger partial charge in [0.1, 0.15) is 11.4 Å². The van der Waals surface area contributed by atoms with Gasteiger partial charge in [-0.2, -0.15) is 0 Å². The van der Waals surface area contributed by atoms with E-state index >= 15 is 0 Å². The summed E-state index contributed by atoms with van der Waals surface area (Å²) in [6, 6.07) is 2.71. The van der Waals surface area contributed by atoms with E-state index in [1.54, 1.807) is 13.0 Å². The van der Waals surface area contributed by atoms with Gasteiger partial charge in [-0.1, -0.05) is 0 Å². The van der Waals surface area contributed by atoms with Crippen molar-refractivity contribution in [2.75, 3.05) is 0 Å². The Morgan fingerprint density at radius 3 is 2.68 bits per heavy atom. The first kappa shape index (κ1) is 13.4. The Morgan fingerprint density at radius 1 is 1.42 bits per heavy atom. The third-order valence-corrected chi connectivity index (χ3v) is 3.16. The maximum atomic E-state index is 13.2. The smallest absolute Gasteiger partial charge is 0.269 e.